The Morgan fingerprint density at radius 2 is 1.59 bits per heavy atom. The summed E-state index contributed by atoms with van der Waals surface area (Å²) in [5.41, 5.74) is 0.712. The monoisotopic (exact) mass is 553 g/mol. The fourth-order valence-electron chi connectivity index (χ4n) is 4.60. The molecule has 2 aliphatic rings. The molecule has 204 valence electrons. The van der Waals surface area contributed by atoms with E-state index in [0.29, 0.717) is 31.0 Å². The van der Waals surface area contributed by atoms with E-state index in [1.165, 1.54) is 30.3 Å². The van der Waals surface area contributed by atoms with Crippen molar-refractivity contribution in [2.75, 3.05) is 42.5 Å². The molecule has 0 aromatic heterocycles. The van der Waals surface area contributed by atoms with Crippen LogP contribution in [0.3, 0.4) is 0 Å². The number of carbonyl (C=O) groups excluding carboxylic acids is 2. The Morgan fingerprint density at radius 3 is 2.33 bits per heavy atom. The number of nitrogens with zero attached hydrogens (tertiary/aromatic N) is 2. The van der Waals surface area contributed by atoms with Crippen LogP contribution in [-0.2, 0) is 14.8 Å². The number of piperidine rings is 1. The van der Waals surface area contributed by atoms with E-state index in [2.05, 4.69) is 5.32 Å². The predicted molar refractivity (Wildman–Crippen MR) is 143 cm³/mol. The van der Waals surface area contributed by atoms with E-state index in [9.17, 15) is 22.4 Å². The highest BCUT2D eigenvalue weighted by Gasteiger charge is 2.30. The number of likely N-dealkylation sites (tertiary alicyclic amines) is 1. The molecule has 2 heterocycles. The minimum absolute atomic E-state index is 0.0964. The molecule has 2 aliphatic heterocycles. The fourth-order valence-corrected chi connectivity index (χ4v) is 6.04. The molecule has 0 aliphatic carbocycles. The predicted octanol–water partition coefficient (Wildman–Crippen LogP) is 4.06. The largest absolute Gasteiger partial charge is 0.486 e. The van der Waals surface area contributed by atoms with Crippen LogP contribution >= 0.6 is 0 Å². The fraction of sp³-hybridized carbons (Fsp3) is 0.286. The normalized spacial score (nSPS) is 14.9. The molecule has 11 heteroatoms. The molecule has 1 fully saturated rings. The van der Waals surface area contributed by atoms with Gasteiger partial charge in [0.15, 0.2) is 11.5 Å². The van der Waals surface area contributed by atoms with Gasteiger partial charge in [0, 0.05) is 19.2 Å². The van der Waals surface area contributed by atoms with Crippen molar-refractivity contribution >= 4 is 33.2 Å². The van der Waals surface area contributed by atoms with Crippen LogP contribution in [0.25, 0.3) is 0 Å². The zero-order valence-corrected chi connectivity index (χ0v) is 22.0. The third-order valence-corrected chi connectivity index (χ3v) is 8.35. The summed E-state index contributed by atoms with van der Waals surface area (Å²) in [6.07, 6.45) is 2.91. The number of para-hydroxylation sites is 1. The van der Waals surface area contributed by atoms with Gasteiger partial charge < -0.3 is 19.7 Å². The highest BCUT2D eigenvalue weighted by atomic mass is 32.2. The number of carbonyl (C=O) groups is 2. The van der Waals surface area contributed by atoms with E-state index in [0.717, 1.165) is 35.7 Å². The number of halogens is 1. The average Bonchev–Trinajstić information content (AvgIpc) is 2.96. The van der Waals surface area contributed by atoms with Crippen molar-refractivity contribution in [2.45, 2.75) is 24.2 Å². The maximum atomic E-state index is 13.8. The molecule has 9 nitrogen and oxygen atoms in total. The standard InChI is InChI=1S/C28H28FN3O6S/c29-20-8-10-21(11-9-20)32(39(35,36)22-12-13-25-26(18-22)38-17-16-37-25)19-27(33)30-24-7-3-2-6-23(24)28(34)31-14-4-1-5-15-31/h2-3,6-13,18H,1,4-5,14-17,19H2,(H,30,33). The van der Waals surface area contributed by atoms with Crippen molar-refractivity contribution in [3.63, 3.8) is 0 Å². The molecule has 2 amide bonds. The van der Waals surface area contributed by atoms with Crippen molar-refractivity contribution in [3.8, 4) is 11.5 Å². The molecule has 0 radical (unpaired) electrons. The first-order valence-corrected chi connectivity index (χ1v) is 14.1. The lowest BCUT2D eigenvalue weighted by Gasteiger charge is -2.28. The van der Waals surface area contributed by atoms with Gasteiger partial charge >= 0.3 is 0 Å². The number of ether oxygens (including phenoxy) is 2. The zero-order valence-electron chi connectivity index (χ0n) is 21.1. The first-order valence-electron chi connectivity index (χ1n) is 12.7. The summed E-state index contributed by atoms with van der Waals surface area (Å²) in [4.78, 5) is 28.0. The van der Waals surface area contributed by atoms with Gasteiger partial charge in [-0.2, -0.15) is 0 Å². The quantitative estimate of drug-likeness (QED) is 0.473. The van der Waals surface area contributed by atoms with Crippen LogP contribution in [-0.4, -0.2) is 58.0 Å². The summed E-state index contributed by atoms with van der Waals surface area (Å²) in [5, 5.41) is 2.70. The lowest BCUT2D eigenvalue weighted by Crippen LogP contribution is -2.39. The summed E-state index contributed by atoms with van der Waals surface area (Å²) in [5.74, 6) is -0.716. The molecule has 0 bridgehead atoms. The van der Waals surface area contributed by atoms with Gasteiger partial charge in [0.1, 0.15) is 25.6 Å². The van der Waals surface area contributed by atoms with Crippen LogP contribution < -0.4 is 19.1 Å². The number of amides is 2. The molecular formula is C28H28FN3O6S. The highest BCUT2D eigenvalue weighted by molar-refractivity contribution is 7.92. The van der Waals surface area contributed by atoms with Crippen molar-refractivity contribution in [1.29, 1.82) is 0 Å². The summed E-state index contributed by atoms with van der Waals surface area (Å²) in [7, 11) is -4.29. The molecule has 0 spiro atoms. The topological polar surface area (TPSA) is 105 Å². The number of hydrogen-bond donors (Lipinski definition) is 1. The Bertz CT molecular complexity index is 1470. The van der Waals surface area contributed by atoms with Crippen LogP contribution in [0.4, 0.5) is 15.8 Å². The Balaban J connectivity index is 1.42. The third kappa shape index (κ3) is 5.83. The number of hydrogen-bond acceptors (Lipinski definition) is 6. The van der Waals surface area contributed by atoms with Crippen LogP contribution in [0.2, 0.25) is 0 Å². The maximum Gasteiger partial charge on any atom is 0.264 e. The highest BCUT2D eigenvalue weighted by Crippen LogP contribution is 2.34. The second-order valence-electron chi connectivity index (χ2n) is 9.24. The summed E-state index contributed by atoms with van der Waals surface area (Å²) >= 11 is 0. The molecule has 0 saturated carbocycles. The number of anilines is 2. The summed E-state index contributed by atoms with van der Waals surface area (Å²) < 4.78 is 53.1. The Hall–Kier alpha value is -4.12. The lowest BCUT2D eigenvalue weighted by atomic mass is 10.1. The van der Waals surface area contributed by atoms with Crippen molar-refractivity contribution in [2.24, 2.45) is 0 Å². The number of nitrogens with one attached hydrogen (secondary N) is 1. The molecule has 5 rings (SSSR count). The van der Waals surface area contributed by atoms with Crippen LogP contribution in [0.15, 0.2) is 71.6 Å². The second kappa shape index (κ2) is 11.3. The van der Waals surface area contributed by atoms with Gasteiger partial charge in [0.05, 0.1) is 21.8 Å². The van der Waals surface area contributed by atoms with Gasteiger partial charge in [-0.25, -0.2) is 12.8 Å². The Kier molecular flexibility index (Phi) is 7.69. The van der Waals surface area contributed by atoms with Crippen LogP contribution in [0.1, 0.15) is 29.6 Å². The summed E-state index contributed by atoms with van der Waals surface area (Å²) in [6, 6.07) is 15.6. The summed E-state index contributed by atoms with van der Waals surface area (Å²) in [6.45, 7) is 1.30. The van der Waals surface area contributed by atoms with Crippen molar-refractivity contribution < 1.29 is 31.9 Å². The number of fused-ring (bicyclic) bond motifs is 1. The first kappa shape index (κ1) is 26.5. The van der Waals surface area contributed by atoms with Crippen molar-refractivity contribution in [3.05, 3.63) is 78.1 Å². The Morgan fingerprint density at radius 1 is 0.897 bits per heavy atom. The van der Waals surface area contributed by atoms with Crippen molar-refractivity contribution in [1.82, 2.24) is 4.90 Å². The van der Waals surface area contributed by atoms with E-state index in [-0.39, 0.29) is 34.5 Å². The third-order valence-electron chi connectivity index (χ3n) is 6.58. The van der Waals surface area contributed by atoms with Gasteiger partial charge in [-0.3, -0.25) is 13.9 Å². The zero-order chi connectivity index (χ0) is 27.4. The number of rotatable bonds is 7. The van der Waals surface area contributed by atoms with E-state index in [4.69, 9.17) is 9.47 Å². The molecule has 0 atom stereocenters. The van der Waals surface area contributed by atoms with Gasteiger partial charge in [-0.1, -0.05) is 12.1 Å². The smallest absolute Gasteiger partial charge is 0.264 e. The van der Waals surface area contributed by atoms with Gasteiger partial charge in [-0.05, 0) is 67.8 Å². The SMILES string of the molecule is O=C(CN(c1ccc(F)cc1)S(=O)(=O)c1ccc2c(c1)OCCO2)Nc1ccccc1C(=O)N1CCCCC1. The van der Waals surface area contributed by atoms with E-state index in [1.54, 1.807) is 29.2 Å². The minimum Gasteiger partial charge on any atom is -0.486 e. The van der Waals surface area contributed by atoms with Crippen LogP contribution in [0, 0.1) is 5.82 Å². The number of sulfonamides is 1. The molecule has 0 unspecified atom stereocenters. The average molecular weight is 554 g/mol. The molecule has 3 aromatic rings. The maximum absolute atomic E-state index is 13.8. The molecule has 3 aromatic carbocycles. The van der Waals surface area contributed by atoms with Gasteiger partial charge in [0.25, 0.3) is 15.9 Å². The Labute approximate surface area is 226 Å². The molecule has 1 saturated heterocycles. The van der Waals surface area contributed by atoms with E-state index < -0.39 is 28.3 Å². The van der Waals surface area contributed by atoms with Crippen LogP contribution in [0.5, 0.6) is 11.5 Å². The molecular weight excluding hydrogens is 525 g/mol. The molecule has 1 N–H and O–H groups in total. The second-order valence-corrected chi connectivity index (χ2v) is 11.1. The van der Waals surface area contributed by atoms with Gasteiger partial charge in [-0.15, -0.1) is 0 Å². The van der Waals surface area contributed by atoms with E-state index >= 15 is 0 Å². The van der Waals surface area contributed by atoms with E-state index in [1.807, 2.05) is 0 Å². The molecule has 39 heavy (non-hydrogen) atoms. The van der Waals surface area contributed by atoms with Gasteiger partial charge in [0.2, 0.25) is 5.91 Å². The first-order chi connectivity index (χ1) is 18.8. The minimum atomic E-state index is -4.29. The number of benzene rings is 3. The lowest BCUT2D eigenvalue weighted by molar-refractivity contribution is -0.114.